The first-order valence-corrected chi connectivity index (χ1v) is 9.72. The van der Waals surface area contributed by atoms with Crippen LogP contribution in [0.1, 0.15) is 13.8 Å². The molecule has 0 aliphatic carbocycles. The third-order valence-electron chi connectivity index (χ3n) is 3.56. The van der Waals surface area contributed by atoms with Crippen molar-refractivity contribution in [1.82, 2.24) is 9.97 Å². The molecular weight excluding hydrogens is 354 g/mol. The van der Waals surface area contributed by atoms with E-state index < -0.39 is 0 Å². The molecule has 2 aromatic heterocycles. The van der Waals surface area contributed by atoms with Crippen molar-refractivity contribution in [1.29, 1.82) is 0 Å². The first-order valence-electron chi connectivity index (χ1n) is 8.09. The maximum atomic E-state index is 5.55. The van der Waals surface area contributed by atoms with Crippen molar-refractivity contribution >= 4 is 53.4 Å². The molecule has 0 fully saturated rings. The Bertz CT molecular complexity index is 944. The van der Waals surface area contributed by atoms with Gasteiger partial charge < -0.3 is 14.8 Å². The number of aromatic nitrogens is 2. The maximum absolute atomic E-state index is 5.55. The number of nitrogens with zero attached hydrogens (tertiary/aromatic N) is 2. The lowest BCUT2D eigenvalue weighted by molar-refractivity contribution is 0.340. The third kappa shape index (κ3) is 3.38. The Labute approximate surface area is 153 Å². The predicted octanol–water partition coefficient (Wildman–Crippen LogP) is 5.45. The fourth-order valence-corrected chi connectivity index (χ4v) is 4.37. The lowest BCUT2D eigenvalue weighted by Crippen LogP contribution is -1.90. The Kier molecular flexibility index (Phi) is 4.42. The molecule has 4 rings (SSSR count). The molecule has 2 aromatic carbocycles. The molecule has 0 saturated carbocycles. The second-order valence-corrected chi connectivity index (χ2v) is 7.35. The van der Waals surface area contributed by atoms with E-state index in [0.717, 1.165) is 42.2 Å². The summed E-state index contributed by atoms with van der Waals surface area (Å²) < 4.78 is 13.3. The molecule has 0 saturated heterocycles. The summed E-state index contributed by atoms with van der Waals surface area (Å²) in [6, 6.07) is 11.9. The van der Waals surface area contributed by atoms with Crippen LogP contribution < -0.4 is 14.8 Å². The maximum Gasteiger partial charge on any atom is 0.190 e. The molecular formula is C18H17N3O2S2. The second kappa shape index (κ2) is 6.85. The molecule has 5 nitrogen and oxygen atoms in total. The summed E-state index contributed by atoms with van der Waals surface area (Å²) in [5.74, 6) is 1.74. The number of anilines is 2. The quantitative estimate of drug-likeness (QED) is 0.488. The monoisotopic (exact) mass is 371 g/mol. The third-order valence-corrected chi connectivity index (χ3v) is 5.42. The van der Waals surface area contributed by atoms with Gasteiger partial charge in [0.1, 0.15) is 11.5 Å². The van der Waals surface area contributed by atoms with Crippen molar-refractivity contribution in [3.63, 3.8) is 0 Å². The van der Waals surface area contributed by atoms with Gasteiger partial charge in [-0.25, -0.2) is 9.97 Å². The molecule has 0 spiro atoms. The molecule has 0 unspecified atom stereocenters. The minimum atomic E-state index is 0.658. The van der Waals surface area contributed by atoms with Gasteiger partial charge in [-0.1, -0.05) is 22.7 Å². The fraction of sp³-hybridized carbons (Fsp3) is 0.222. The molecule has 0 bridgehead atoms. The zero-order valence-corrected chi connectivity index (χ0v) is 15.5. The Balaban J connectivity index is 1.60. The van der Waals surface area contributed by atoms with Gasteiger partial charge in [0.05, 0.1) is 33.6 Å². The van der Waals surface area contributed by atoms with Crippen molar-refractivity contribution in [3.8, 4) is 11.5 Å². The van der Waals surface area contributed by atoms with Gasteiger partial charge >= 0.3 is 0 Å². The number of benzene rings is 2. The van der Waals surface area contributed by atoms with Crippen molar-refractivity contribution in [2.24, 2.45) is 0 Å². The Morgan fingerprint density at radius 1 is 0.800 bits per heavy atom. The second-order valence-electron chi connectivity index (χ2n) is 5.29. The van der Waals surface area contributed by atoms with Crippen LogP contribution in [0.15, 0.2) is 36.4 Å². The van der Waals surface area contributed by atoms with Crippen LogP contribution >= 0.6 is 22.7 Å². The van der Waals surface area contributed by atoms with Crippen LogP contribution in [0.2, 0.25) is 0 Å². The summed E-state index contributed by atoms with van der Waals surface area (Å²) in [7, 11) is 0. The first-order chi connectivity index (χ1) is 12.2. The average molecular weight is 371 g/mol. The fourth-order valence-electron chi connectivity index (χ4n) is 2.52. The summed E-state index contributed by atoms with van der Waals surface area (Å²) in [5, 5.41) is 4.97. The lowest BCUT2D eigenvalue weighted by atomic mass is 10.3. The van der Waals surface area contributed by atoms with E-state index in [1.54, 1.807) is 22.7 Å². The number of ether oxygens (including phenoxy) is 2. The normalized spacial score (nSPS) is 11.1. The molecule has 0 amide bonds. The standard InChI is InChI=1S/C18H17N3O2S2/c1-3-22-11-5-7-13-15(9-11)24-17(19-13)21-18-20-14-8-6-12(23-4-2)10-16(14)25-18/h5-10H,3-4H2,1-2H3,(H,19,20,21). The number of hydrogen-bond acceptors (Lipinski definition) is 7. The minimum Gasteiger partial charge on any atom is -0.494 e. The molecule has 7 heteroatoms. The van der Waals surface area contributed by atoms with Crippen LogP contribution in [-0.2, 0) is 0 Å². The number of nitrogens with one attached hydrogen (secondary N) is 1. The molecule has 4 aromatic rings. The Morgan fingerprint density at radius 2 is 1.28 bits per heavy atom. The largest absolute Gasteiger partial charge is 0.494 e. The van der Waals surface area contributed by atoms with Crippen LogP contribution in [0.5, 0.6) is 11.5 Å². The van der Waals surface area contributed by atoms with Crippen molar-refractivity contribution in [2.75, 3.05) is 18.5 Å². The van der Waals surface area contributed by atoms with E-state index in [1.807, 2.05) is 50.2 Å². The number of thiazole rings is 2. The van der Waals surface area contributed by atoms with Crippen molar-refractivity contribution in [3.05, 3.63) is 36.4 Å². The minimum absolute atomic E-state index is 0.658. The van der Waals surface area contributed by atoms with Gasteiger partial charge in [0.25, 0.3) is 0 Å². The van der Waals surface area contributed by atoms with Gasteiger partial charge in [-0.2, -0.15) is 0 Å². The number of hydrogen-bond donors (Lipinski definition) is 1. The van der Waals surface area contributed by atoms with Crippen molar-refractivity contribution < 1.29 is 9.47 Å². The zero-order chi connectivity index (χ0) is 17.2. The van der Waals surface area contributed by atoms with Crippen molar-refractivity contribution in [2.45, 2.75) is 13.8 Å². The molecule has 0 radical (unpaired) electrons. The highest BCUT2D eigenvalue weighted by atomic mass is 32.1. The van der Waals surface area contributed by atoms with Gasteiger partial charge in [-0.3, -0.25) is 0 Å². The van der Waals surface area contributed by atoms with E-state index in [-0.39, 0.29) is 0 Å². The van der Waals surface area contributed by atoms with Crippen LogP contribution in [0.4, 0.5) is 10.3 Å². The smallest absolute Gasteiger partial charge is 0.190 e. The predicted molar refractivity (Wildman–Crippen MR) is 105 cm³/mol. The highest BCUT2D eigenvalue weighted by Crippen LogP contribution is 2.34. The summed E-state index contributed by atoms with van der Waals surface area (Å²) in [4.78, 5) is 9.24. The SMILES string of the molecule is CCOc1ccc2nc(Nc3nc4ccc(OCC)cc4s3)sc2c1. The van der Waals surface area contributed by atoms with Gasteiger partial charge in [0, 0.05) is 0 Å². The van der Waals surface area contributed by atoms with E-state index in [0.29, 0.717) is 13.2 Å². The molecule has 128 valence electrons. The molecule has 0 atom stereocenters. The Hall–Kier alpha value is -2.38. The first kappa shape index (κ1) is 16.1. The highest BCUT2D eigenvalue weighted by Gasteiger charge is 2.09. The number of rotatable bonds is 6. The van der Waals surface area contributed by atoms with Crippen LogP contribution in [0.3, 0.4) is 0 Å². The van der Waals surface area contributed by atoms with E-state index in [2.05, 4.69) is 15.3 Å². The summed E-state index contributed by atoms with van der Waals surface area (Å²) >= 11 is 3.19. The van der Waals surface area contributed by atoms with Gasteiger partial charge in [0.2, 0.25) is 0 Å². The van der Waals surface area contributed by atoms with Crippen LogP contribution in [0, 0.1) is 0 Å². The Morgan fingerprint density at radius 3 is 1.72 bits per heavy atom. The topological polar surface area (TPSA) is 56.3 Å². The van der Waals surface area contributed by atoms with E-state index in [4.69, 9.17) is 9.47 Å². The zero-order valence-electron chi connectivity index (χ0n) is 13.9. The molecule has 25 heavy (non-hydrogen) atoms. The highest BCUT2D eigenvalue weighted by molar-refractivity contribution is 7.24. The van der Waals surface area contributed by atoms with Gasteiger partial charge in [-0.05, 0) is 50.2 Å². The average Bonchev–Trinajstić information content (AvgIpc) is 3.17. The molecule has 1 N–H and O–H groups in total. The van der Waals surface area contributed by atoms with Crippen LogP contribution in [-0.4, -0.2) is 23.2 Å². The van der Waals surface area contributed by atoms with Gasteiger partial charge in [-0.15, -0.1) is 0 Å². The lowest BCUT2D eigenvalue weighted by Gasteiger charge is -2.00. The number of fused-ring (bicyclic) bond motifs is 2. The van der Waals surface area contributed by atoms with E-state index in [9.17, 15) is 0 Å². The van der Waals surface area contributed by atoms with E-state index >= 15 is 0 Å². The molecule has 0 aliphatic heterocycles. The summed E-state index contributed by atoms with van der Waals surface area (Å²) in [5.41, 5.74) is 1.91. The summed E-state index contributed by atoms with van der Waals surface area (Å²) in [6.07, 6.45) is 0. The van der Waals surface area contributed by atoms with E-state index in [1.165, 1.54) is 0 Å². The molecule has 2 heterocycles. The summed E-state index contributed by atoms with van der Waals surface area (Å²) in [6.45, 7) is 5.28. The van der Waals surface area contributed by atoms with Gasteiger partial charge in [0.15, 0.2) is 10.3 Å². The molecule has 0 aliphatic rings. The van der Waals surface area contributed by atoms with Crippen LogP contribution in [0.25, 0.3) is 20.4 Å².